The summed E-state index contributed by atoms with van der Waals surface area (Å²) in [6.45, 7) is 4.58. The quantitative estimate of drug-likeness (QED) is 0.755. The maximum Gasteiger partial charge on any atom is 0.142 e. The molecule has 0 saturated carbocycles. The van der Waals surface area contributed by atoms with Crippen LogP contribution in [0.25, 0.3) is 0 Å². The molecule has 0 bridgehead atoms. The number of aromatic nitrogens is 1. The van der Waals surface area contributed by atoms with Gasteiger partial charge in [0.2, 0.25) is 0 Å². The van der Waals surface area contributed by atoms with Crippen molar-refractivity contribution in [1.29, 1.82) is 0 Å². The van der Waals surface area contributed by atoms with Crippen LogP contribution in [-0.2, 0) is 0 Å². The summed E-state index contributed by atoms with van der Waals surface area (Å²) in [6.07, 6.45) is 5.74. The lowest BCUT2D eigenvalue weighted by Gasteiger charge is -2.22. The van der Waals surface area contributed by atoms with Gasteiger partial charge in [-0.3, -0.25) is 0 Å². The van der Waals surface area contributed by atoms with Crippen molar-refractivity contribution in [2.24, 2.45) is 5.92 Å². The van der Waals surface area contributed by atoms with E-state index in [9.17, 15) is 0 Å². The molecule has 0 spiro atoms. The van der Waals surface area contributed by atoms with Gasteiger partial charge < -0.3 is 4.90 Å². The van der Waals surface area contributed by atoms with Crippen LogP contribution in [0.4, 0.5) is 5.82 Å². The second-order valence-corrected chi connectivity index (χ2v) is 6.25. The third kappa shape index (κ3) is 2.98. The van der Waals surface area contributed by atoms with Gasteiger partial charge in [0, 0.05) is 23.8 Å². The minimum atomic E-state index is 0.847. The Balaban J connectivity index is 2.16. The average molecular weight is 348 g/mol. The second kappa shape index (κ2) is 5.50. The SMILES string of the molecule is CC1CCCN(c2ncc(Br)cc2Br)CC1. The Morgan fingerprint density at radius 3 is 2.88 bits per heavy atom. The molecule has 4 heteroatoms. The molecule has 1 fully saturated rings. The van der Waals surface area contributed by atoms with Crippen molar-refractivity contribution >= 4 is 37.7 Å². The van der Waals surface area contributed by atoms with Gasteiger partial charge in [0.25, 0.3) is 0 Å². The predicted octanol–water partition coefficient (Wildman–Crippen LogP) is 4.23. The second-order valence-electron chi connectivity index (χ2n) is 4.48. The number of pyridine rings is 1. The molecule has 0 N–H and O–H groups in total. The van der Waals surface area contributed by atoms with Crippen molar-refractivity contribution in [3.8, 4) is 0 Å². The van der Waals surface area contributed by atoms with E-state index in [1.807, 2.05) is 6.20 Å². The van der Waals surface area contributed by atoms with Crippen LogP contribution < -0.4 is 4.90 Å². The van der Waals surface area contributed by atoms with Gasteiger partial charge in [-0.2, -0.15) is 0 Å². The van der Waals surface area contributed by atoms with E-state index >= 15 is 0 Å². The largest absolute Gasteiger partial charge is 0.356 e. The third-order valence-corrected chi connectivity index (χ3v) is 4.12. The maximum absolute atomic E-state index is 4.50. The zero-order chi connectivity index (χ0) is 11.5. The first-order chi connectivity index (χ1) is 7.66. The van der Waals surface area contributed by atoms with Crippen molar-refractivity contribution in [3.05, 3.63) is 21.2 Å². The molecule has 0 aliphatic carbocycles. The highest BCUT2D eigenvalue weighted by Crippen LogP contribution is 2.29. The van der Waals surface area contributed by atoms with Crippen LogP contribution in [-0.4, -0.2) is 18.1 Å². The molecule has 1 aliphatic heterocycles. The summed E-state index contributed by atoms with van der Waals surface area (Å²) >= 11 is 7.02. The van der Waals surface area contributed by atoms with Gasteiger partial charge in [-0.1, -0.05) is 6.92 Å². The molecule has 2 rings (SSSR count). The molecule has 1 aromatic rings. The van der Waals surface area contributed by atoms with Crippen LogP contribution >= 0.6 is 31.9 Å². The highest BCUT2D eigenvalue weighted by atomic mass is 79.9. The summed E-state index contributed by atoms with van der Waals surface area (Å²) in [6, 6.07) is 2.07. The lowest BCUT2D eigenvalue weighted by Crippen LogP contribution is -2.25. The number of anilines is 1. The number of rotatable bonds is 1. The van der Waals surface area contributed by atoms with E-state index in [2.05, 4.69) is 54.7 Å². The molecule has 0 radical (unpaired) electrons. The topological polar surface area (TPSA) is 16.1 Å². The monoisotopic (exact) mass is 346 g/mol. The summed E-state index contributed by atoms with van der Waals surface area (Å²) in [5, 5.41) is 0. The number of halogens is 2. The Labute approximate surface area is 114 Å². The fraction of sp³-hybridized carbons (Fsp3) is 0.583. The van der Waals surface area contributed by atoms with Gasteiger partial charge in [0.05, 0.1) is 4.47 Å². The first kappa shape index (κ1) is 12.4. The smallest absolute Gasteiger partial charge is 0.142 e. The van der Waals surface area contributed by atoms with Crippen LogP contribution in [0.15, 0.2) is 21.2 Å². The van der Waals surface area contributed by atoms with E-state index in [0.717, 1.165) is 33.8 Å². The lowest BCUT2D eigenvalue weighted by molar-refractivity contribution is 0.521. The molecule has 1 saturated heterocycles. The molecule has 1 aliphatic rings. The summed E-state index contributed by atoms with van der Waals surface area (Å²) < 4.78 is 2.10. The molecule has 16 heavy (non-hydrogen) atoms. The van der Waals surface area contributed by atoms with Crippen LogP contribution in [0.2, 0.25) is 0 Å². The van der Waals surface area contributed by atoms with Gasteiger partial charge in [0.15, 0.2) is 0 Å². The Hall–Kier alpha value is -0.0900. The predicted molar refractivity (Wildman–Crippen MR) is 74.9 cm³/mol. The zero-order valence-corrected chi connectivity index (χ0v) is 12.6. The first-order valence-corrected chi connectivity index (χ1v) is 7.31. The van der Waals surface area contributed by atoms with Gasteiger partial charge >= 0.3 is 0 Å². The van der Waals surface area contributed by atoms with Crippen molar-refractivity contribution in [1.82, 2.24) is 4.98 Å². The molecule has 1 atom stereocenters. The van der Waals surface area contributed by atoms with Gasteiger partial charge in [-0.05, 0) is 63.1 Å². The molecule has 0 amide bonds. The van der Waals surface area contributed by atoms with Crippen LogP contribution in [0.5, 0.6) is 0 Å². The minimum Gasteiger partial charge on any atom is -0.356 e. The standard InChI is InChI=1S/C12H16Br2N2/c1-9-3-2-5-16(6-4-9)12-11(14)7-10(13)8-15-12/h7-9H,2-6H2,1H3. The van der Waals surface area contributed by atoms with Crippen LogP contribution in [0.3, 0.4) is 0 Å². The Morgan fingerprint density at radius 1 is 1.31 bits per heavy atom. The molecular weight excluding hydrogens is 332 g/mol. The maximum atomic E-state index is 4.50. The van der Waals surface area contributed by atoms with Gasteiger partial charge in [0.1, 0.15) is 5.82 Å². The Kier molecular flexibility index (Phi) is 4.25. The van der Waals surface area contributed by atoms with E-state index in [0.29, 0.717) is 0 Å². The van der Waals surface area contributed by atoms with E-state index < -0.39 is 0 Å². The fourth-order valence-electron chi connectivity index (χ4n) is 2.11. The lowest BCUT2D eigenvalue weighted by atomic mass is 10.0. The fourth-order valence-corrected chi connectivity index (χ4v) is 3.35. The van der Waals surface area contributed by atoms with Crippen LogP contribution in [0.1, 0.15) is 26.2 Å². The highest BCUT2D eigenvalue weighted by Gasteiger charge is 2.16. The molecule has 1 unspecified atom stereocenters. The molecule has 2 heterocycles. The summed E-state index contributed by atoms with van der Waals surface area (Å²) in [4.78, 5) is 6.89. The van der Waals surface area contributed by atoms with Gasteiger partial charge in [-0.15, -0.1) is 0 Å². The van der Waals surface area contributed by atoms with Crippen molar-refractivity contribution in [2.45, 2.75) is 26.2 Å². The Bertz CT molecular complexity index is 368. The van der Waals surface area contributed by atoms with Crippen molar-refractivity contribution < 1.29 is 0 Å². The summed E-state index contributed by atoms with van der Waals surface area (Å²) in [5.41, 5.74) is 0. The molecule has 88 valence electrons. The normalized spacial score (nSPS) is 21.9. The number of hydrogen-bond acceptors (Lipinski definition) is 2. The molecular formula is C12H16Br2N2. The van der Waals surface area contributed by atoms with E-state index in [-0.39, 0.29) is 0 Å². The van der Waals surface area contributed by atoms with Crippen LogP contribution in [0, 0.1) is 5.92 Å². The zero-order valence-electron chi connectivity index (χ0n) is 9.42. The summed E-state index contributed by atoms with van der Waals surface area (Å²) in [7, 11) is 0. The number of hydrogen-bond donors (Lipinski definition) is 0. The van der Waals surface area contributed by atoms with Crippen molar-refractivity contribution in [3.63, 3.8) is 0 Å². The molecule has 0 aromatic carbocycles. The van der Waals surface area contributed by atoms with Crippen molar-refractivity contribution in [2.75, 3.05) is 18.0 Å². The van der Waals surface area contributed by atoms with E-state index in [4.69, 9.17) is 0 Å². The van der Waals surface area contributed by atoms with Gasteiger partial charge in [-0.25, -0.2) is 4.98 Å². The number of nitrogens with zero attached hydrogens (tertiary/aromatic N) is 2. The average Bonchev–Trinajstić information content (AvgIpc) is 2.43. The molecule has 1 aromatic heterocycles. The summed E-state index contributed by atoms with van der Waals surface area (Å²) in [5.74, 6) is 1.93. The third-order valence-electron chi connectivity index (χ3n) is 3.10. The first-order valence-electron chi connectivity index (χ1n) is 5.73. The molecule has 2 nitrogen and oxygen atoms in total. The minimum absolute atomic E-state index is 0.847. The van der Waals surface area contributed by atoms with E-state index in [1.165, 1.54) is 19.3 Å². The van der Waals surface area contributed by atoms with E-state index in [1.54, 1.807) is 0 Å². The highest BCUT2D eigenvalue weighted by molar-refractivity contribution is 9.11. The Morgan fingerprint density at radius 2 is 2.12 bits per heavy atom.